The van der Waals surface area contributed by atoms with Crippen molar-refractivity contribution in [1.29, 1.82) is 0 Å². The smallest absolute Gasteiger partial charge is 0.231 e. The fraction of sp³-hybridized carbons (Fsp3) is 0.158. The SMILES string of the molecule is COc1ccc2cc([C@@H](C)C(=O)Nc3c[nH]ccc3=O)ccc2c1. The highest BCUT2D eigenvalue weighted by molar-refractivity contribution is 5.96. The molecule has 0 saturated carbocycles. The Balaban J connectivity index is 1.85. The van der Waals surface area contributed by atoms with E-state index in [4.69, 9.17) is 4.74 Å². The number of carbonyl (C=O) groups is 1. The van der Waals surface area contributed by atoms with Crippen LogP contribution < -0.4 is 15.5 Å². The number of fused-ring (bicyclic) bond motifs is 1. The number of carbonyl (C=O) groups excluding carboxylic acids is 1. The molecule has 1 aromatic heterocycles. The number of methoxy groups -OCH3 is 1. The fourth-order valence-electron chi connectivity index (χ4n) is 2.54. The molecule has 1 heterocycles. The summed E-state index contributed by atoms with van der Waals surface area (Å²) in [6.45, 7) is 1.82. The molecule has 0 bridgehead atoms. The lowest BCUT2D eigenvalue weighted by Crippen LogP contribution is -2.22. The first-order chi connectivity index (χ1) is 11.6. The van der Waals surface area contributed by atoms with E-state index in [2.05, 4.69) is 10.3 Å². The van der Waals surface area contributed by atoms with Crippen LogP contribution in [0.1, 0.15) is 18.4 Å². The van der Waals surface area contributed by atoms with E-state index in [-0.39, 0.29) is 22.9 Å². The molecule has 122 valence electrons. The second-order valence-corrected chi connectivity index (χ2v) is 5.61. The molecule has 0 aliphatic rings. The van der Waals surface area contributed by atoms with Crippen molar-refractivity contribution >= 4 is 22.4 Å². The van der Waals surface area contributed by atoms with Crippen LogP contribution in [0.5, 0.6) is 5.75 Å². The van der Waals surface area contributed by atoms with Crippen LogP contribution >= 0.6 is 0 Å². The van der Waals surface area contributed by atoms with Gasteiger partial charge in [0.05, 0.1) is 13.0 Å². The average molecular weight is 322 g/mol. The molecule has 2 aromatic carbocycles. The second-order valence-electron chi connectivity index (χ2n) is 5.61. The summed E-state index contributed by atoms with van der Waals surface area (Å²) in [4.78, 5) is 26.9. The first-order valence-electron chi connectivity index (χ1n) is 7.64. The highest BCUT2D eigenvalue weighted by atomic mass is 16.5. The third-order valence-corrected chi connectivity index (χ3v) is 4.05. The van der Waals surface area contributed by atoms with Crippen molar-refractivity contribution < 1.29 is 9.53 Å². The summed E-state index contributed by atoms with van der Waals surface area (Å²) in [6.07, 6.45) is 3.01. The van der Waals surface area contributed by atoms with Gasteiger partial charge >= 0.3 is 0 Å². The Morgan fingerprint density at radius 2 is 1.88 bits per heavy atom. The molecule has 0 aliphatic carbocycles. The minimum Gasteiger partial charge on any atom is -0.497 e. The Bertz CT molecular complexity index is 946. The van der Waals surface area contributed by atoms with E-state index < -0.39 is 0 Å². The summed E-state index contributed by atoms with van der Waals surface area (Å²) >= 11 is 0. The summed E-state index contributed by atoms with van der Waals surface area (Å²) in [5, 5.41) is 4.75. The van der Waals surface area contributed by atoms with Gasteiger partial charge in [-0.2, -0.15) is 0 Å². The summed E-state index contributed by atoms with van der Waals surface area (Å²) < 4.78 is 5.22. The largest absolute Gasteiger partial charge is 0.497 e. The molecule has 0 aliphatic heterocycles. The van der Waals surface area contributed by atoms with Gasteiger partial charge in [0.25, 0.3) is 0 Å². The Hall–Kier alpha value is -3.08. The number of amides is 1. The Morgan fingerprint density at radius 1 is 1.12 bits per heavy atom. The second kappa shape index (κ2) is 6.58. The summed E-state index contributed by atoms with van der Waals surface area (Å²) in [5.74, 6) is 0.194. The lowest BCUT2D eigenvalue weighted by atomic mass is 9.97. The minimum atomic E-state index is -0.379. The first-order valence-corrected chi connectivity index (χ1v) is 7.64. The molecule has 0 unspecified atom stereocenters. The predicted octanol–water partition coefficient (Wildman–Crippen LogP) is 3.28. The van der Waals surface area contributed by atoms with Crippen molar-refractivity contribution in [2.24, 2.45) is 0 Å². The normalized spacial score (nSPS) is 11.9. The summed E-state index contributed by atoms with van der Waals surface area (Å²) in [6, 6.07) is 13.0. The summed E-state index contributed by atoms with van der Waals surface area (Å²) in [5.41, 5.74) is 0.914. The number of pyridine rings is 1. The van der Waals surface area contributed by atoms with Gasteiger partial charge in [0.1, 0.15) is 11.4 Å². The molecule has 0 spiro atoms. The van der Waals surface area contributed by atoms with E-state index in [0.29, 0.717) is 0 Å². The molecule has 24 heavy (non-hydrogen) atoms. The van der Waals surface area contributed by atoms with Crippen LogP contribution in [0.15, 0.2) is 59.7 Å². The highest BCUT2D eigenvalue weighted by Gasteiger charge is 2.16. The zero-order chi connectivity index (χ0) is 17.1. The van der Waals surface area contributed by atoms with Gasteiger partial charge in [0.2, 0.25) is 11.3 Å². The maximum absolute atomic E-state index is 12.4. The molecule has 0 fully saturated rings. The number of hydrogen-bond donors (Lipinski definition) is 2. The fourth-order valence-corrected chi connectivity index (χ4v) is 2.54. The molecular formula is C19H18N2O3. The zero-order valence-corrected chi connectivity index (χ0v) is 13.5. The molecule has 1 amide bonds. The van der Waals surface area contributed by atoms with Gasteiger partial charge in [-0.15, -0.1) is 0 Å². The number of nitrogens with one attached hydrogen (secondary N) is 2. The maximum atomic E-state index is 12.4. The predicted molar refractivity (Wildman–Crippen MR) is 94.6 cm³/mol. The van der Waals surface area contributed by atoms with Crippen molar-refractivity contribution in [2.75, 3.05) is 12.4 Å². The minimum absolute atomic E-state index is 0.222. The molecule has 5 nitrogen and oxygen atoms in total. The van der Waals surface area contributed by atoms with Gasteiger partial charge in [0, 0.05) is 18.5 Å². The number of rotatable bonds is 4. The van der Waals surface area contributed by atoms with Gasteiger partial charge in [0.15, 0.2) is 0 Å². The Morgan fingerprint density at radius 3 is 2.62 bits per heavy atom. The van der Waals surface area contributed by atoms with Gasteiger partial charge < -0.3 is 15.0 Å². The lowest BCUT2D eigenvalue weighted by Gasteiger charge is -2.13. The third kappa shape index (κ3) is 3.15. The molecule has 1 atom stereocenters. The van der Waals surface area contributed by atoms with E-state index in [1.165, 1.54) is 18.5 Å². The topological polar surface area (TPSA) is 71.2 Å². The zero-order valence-electron chi connectivity index (χ0n) is 13.5. The van der Waals surface area contributed by atoms with Crippen LogP contribution in [-0.2, 0) is 4.79 Å². The molecule has 0 radical (unpaired) electrons. The quantitative estimate of drug-likeness (QED) is 0.774. The standard InChI is InChI=1S/C19H18N2O3/c1-12(19(23)21-17-11-20-8-7-18(17)22)13-3-4-15-10-16(24-2)6-5-14(15)9-13/h3-12H,1-2H3,(H,20,22)(H,21,23)/t12-/m1/s1. The maximum Gasteiger partial charge on any atom is 0.231 e. The van der Waals surface area contributed by atoms with Gasteiger partial charge in [-0.3, -0.25) is 9.59 Å². The van der Waals surface area contributed by atoms with Gasteiger partial charge in [-0.1, -0.05) is 24.3 Å². The van der Waals surface area contributed by atoms with Crippen LogP contribution in [0, 0.1) is 0 Å². The number of benzene rings is 2. The number of anilines is 1. The van der Waals surface area contributed by atoms with Gasteiger partial charge in [-0.25, -0.2) is 0 Å². The molecule has 5 heteroatoms. The van der Waals surface area contributed by atoms with Crippen LogP contribution in [0.25, 0.3) is 10.8 Å². The van der Waals surface area contributed by atoms with Crippen LogP contribution in [0.2, 0.25) is 0 Å². The molecule has 3 rings (SSSR count). The van der Waals surface area contributed by atoms with E-state index in [9.17, 15) is 9.59 Å². The molecule has 0 saturated heterocycles. The van der Waals surface area contributed by atoms with E-state index >= 15 is 0 Å². The third-order valence-electron chi connectivity index (χ3n) is 4.05. The molecular weight excluding hydrogens is 304 g/mol. The van der Waals surface area contributed by atoms with Crippen molar-refractivity contribution in [2.45, 2.75) is 12.8 Å². The van der Waals surface area contributed by atoms with E-state index in [1.807, 2.05) is 43.3 Å². The van der Waals surface area contributed by atoms with Crippen molar-refractivity contribution in [3.05, 3.63) is 70.6 Å². The van der Waals surface area contributed by atoms with Crippen LogP contribution in [-0.4, -0.2) is 18.0 Å². The van der Waals surface area contributed by atoms with Crippen molar-refractivity contribution in [1.82, 2.24) is 4.98 Å². The molecule has 3 aromatic rings. The van der Waals surface area contributed by atoms with E-state index in [1.54, 1.807) is 7.11 Å². The lowest BCUT2D eigenvalue weighted by molar-refractivity contribution is -0.117. The molecule has 2 N–H and O–H groups in total. The highest BCUT2D eigenvalue weighted by Crippen LogP contribution is 2.25. The summed E-state index contributed by atoms with van der Waals surface area (Å²) in [7, 11) is 1.63. The Labute approximate surface area is 139 Å². The Kier molecular flexibility index (Phi) is 4.33. The number of hydrogen-bond acceptors (Lipinski definition) is 3. The average Bonchev–Trinajstić information content (AvgIpc) is 2.62. The van der Waals surface area contributed by atoms with Crippen LogP contribution in [0.3, 0.4) is 0 Å². The van der Waals surface area contributed by atoms with Crippen molar-refractivity contribution in [3.8, 4) is 5.75 Å². The van der Waals surface area contributed by atoms with Gasteiger partial charge in [-0.05, 0) is 35.4 Å². The number of aromatic nitrogens is 1. The first kappa shape index (κ1) is 15.8. The van der Waals surface area contributed by atoms with Crippen LogP contribution in [0.4, 0.5) is 5.69 Å². The number of H-pyrrole nitrogens is 1. The number of ether oxygens (including phenoxy) is 1. The monoisotopic (exact) mass is 322 g/mol. The van der Waals surface area contributed by atoms with Crippen molar-refractivity contribution in [3.63, 3.8) is 0 Å². The van der Waals surface area contributed by atoms with E-state index in [0.717, 1.165) is 22.1 Å². The number of aromatic amines is 1.